The molecule has 4 aliphatic rings. The van der Waals surface area contributed by atoms with E-state index in [9.17, 15) is 19.2 Å². The summed E-state index contributed by atoms with van der Waals surface area (Å²) in [5, 5.41) is 5.51. The first kappa shape index (κ1) is 39.2. The highest BCUT2D eigenvalue weighted by Crippen LogP contribution is 2.57. The fourth-order valence-corrected chi connectivity index (χ4v) is 9.81. The van der Waals surface area contributed by atoms with Crippen molar-refractivity contribution in [1.29, 1.82) is 0 Å². The molecule has 0 radical (unpaired) electrons. The smallest absolute Gasteiger partial charge is 0.407 e. The molecule has 306 valence electrons. The molecule has 4 heterocycles. The number of piperidine rings is 2. The Morgan fingerprint density at radius 2 is 1.17 bits per heavy atom. The summed E-state index contributed by atoms with van der Waals surface area (Å²) in [6.07, 6.45) is 6.20. The number of hydrogen-bond donors (Lipinski definition) is 4. The fraction of sp³-hybridized carbons (Fsp3) is 0.500. The second-order valence-corrected chi connectivity index (χ2v) is 17.2. The number of likely N-dealkylation sites (tertiary alicyclic amines) is 2. The Kier molecular flexibility index (Phi) is 10.5. The van der Waals surface area contributed by atoms with Gasteiger partial charge in [0.25, 0.3) is 0 Å². The molecule has 2 aromatic carbocycles. The van der Waals surface area contributed by atoms with Gasteiger partial charge >= 0.3 is 12.2 Å². The normalized spacial score (nSPS) is 25.4. The van der Waals surface area contributed by atoms with Gasteiger partial charge in [-0.25, -0.2) is 19.6 Å². The zero-order valence-corrected chi connectivity index (χ0v) is 34.2. The molecule has 3 unspecified atom stereocenters. The third kappa shape index (κ3) is 7.10. The predicted molar refractivity (Wildman–Crippen MR) is 217 cm³/mol. The van der Waals surface area contributed by atoms with Crippen LogP contribution in [0, 0.1) is 29.6 Å². The summed E-state index contributed by atoms with van der Waals surface area (Å²) in [4.78, 5) is 72.6. The summed E-state index contributed by atoms with van der Waals surface area (Å²) in [6.45, 7) is 9.88. The lowest BCUT2D eigenvalue weighted by molar-refractivity contribution is -0.139. The van der Waals surface area contributed by atoms with Gasteiger partial charge in [0.05, 0.1) is 50.1 Å². The van der Waals surface area contributed by atoms with Gasteiger partial charge in [0.15, 0.2) is 0 Å². The average Bonchev–Trinajstić information content (AvgIpc) is 3.96. The number of alkyl carbamates (subject to hydrolysis) is 2. The summed E-state index contributed by atoms with van der Waals surface area (Å²) in [6, 6.07) is 15.2. The van der Waals surface area contributed by atoms with E-state index in [1.54, 1.807) is 0 Å². The van der Waals surface area contributed by atoms with E-state index in [2.05, 4.69) is 76.1 Å². The molecule has 9 atom stereocenters. The maximum Gasteiger partial charge on any atom is 0.407 e. The first-order chi connectivity index (χ1) is 27.9. The van der Waals surface area contributed by atoms with Gasteiger partial charge in [-0.2, -0.15) is 0 Å². The van der Waals surface area contributed by atoms with E-state index >= 15 is 0 Å². The van der Waals surface area contributed by atoms with Crippen LogP contribution in [0.25, 0.3) is 33.6 Å². The molecule has 14 nitrogen and oxygen atoms in total. The minimum atomic E-state index is -0.688. The zero-order valence-electron chi connectivity index (χ0n) is 34.2. The molecule has 58 heavy (non-hydrogen) atoms. The largest absolute Gasteiger partial charge is 0.453 e. The predicted octanol–water partition coefficient (Wildman–Crippen LogP) is 6.85. The van der Waals surface area contributed by atoms with Crippen molar-refractivity contribution in [3.05, 3.63) is 72.6 Å². The topological polar surface area (TPSA) is 175 Å². The molecule has 4 fully saturated rings. The number of hydrogen-bond acceptors (Lipinski definition) is 8. The maximum absolute atomic E-state index is 13.9. The summed E-state index contributed by atoms with van der Waals surface area (Å²) in [5.41, 5.74) is 5.86. The SMILES string of the molecule is COC(=O)NC(C(=O)N1[C@@H]2CC[C@@H](C2)[C@H]1c1ncc(-c2ccc(-c3ccc(-c4cnc([C@@H]5CC6C([C@@H]6C)N5C(=O)[C@@H](NC(=O)OC)C(C)C)[nH]4)cc3)cc2)[nH]1)C(C)C. The van der Waals surface area contributed by atoms with Crippen LogP contribution in [0.2, 0.25) is 0 Å². The number of aromatic nitrogens is 4. The van der Waals surface area contributed by atoms with Crippen LogP contribution < -0.4 is 10.6 Å². The number of amides is 4. The molecule has 2 saturated heterocycles. The van der Waals surface area contributed by atoms with Crippen molar-refractivity contribution >= 4 is 24.0 Å². The first-order valence-corrected chi connectivity index (χ1v) is 20.5. The molecule has 8 rings (SSSR count). The standard InChI is InChI=1S/C44H54N8O6/c1-22(2)35(49-43(55)57-6)41(53)51-30-17-16-29(18-30)38(51)40-46-21-33(48-40)28-14-10-26(11-15-28)25-8-12-27(13-9-25)32-20-45-39(47-32)34-19-31-24(5)37(31)52(34)42(54)36(23(3)4)50-44(56)58-7/h8-15,20-24,29-31,34-38H,16-19H2,1-7H3,(H,45,47)(H,46,48)(H,49,55)(H,50,56)/t24-,29+,30-,31?,34+,35?,36+,37?,38+/m1/s1. The molecule has 2 aliphatic heterocycles. The van der Waals surface area contributed by atoms with E-state index in [0.29, 0.717) is 17.8 Å². The van der Waals surface area contributed by atoms with E-state index in [1.165, 1.54) is 14.2 Å². The number of imidazole rings is 2. The lowest BCUT2D eigenvalue weighted by Gasteiger charge is -2.37. The number of ether oxygens (including phenoxy) is 2. The number of nitrogens with zero attached hydrogens (tertiary/aromatic N) is 4. The van der Waals surface area contributed by atoms with Gasteiger partial charge in [-0.15, -0.1) is 0 Å². The van der Waals surface area contributed by atoms with Crippen molar-refractivity contribution in [2.75, 3.05) is 14.2 Å². The van der Waals surface area contributed by atoms with E-state index in [4.69, 9.17) is 19.4 Å². The number of nitrogens with one attached hydrogen (secondary N) is 4. The Bertz CT molecular complexity index is 2160. The van der Waals surface area contributed by atoms with Gasteiger partial charge in [-0.3, -0.25) is 9.59 Å². The van der Waals surface area contributed by atoms with Crippen LogP contribution in [0.15, 0.2) is 60.9 Å². The lowest BCUT2D eigenvalue weighted by atomic mass is 9.95. The minimum absolute atomic E-state index is 0.0940. The molecule has 0 spiro atoms. The number of methoxy groups -OCH3 is 2. The second-order valence-electron chi connectivity index (χ2n) is 17.2. The van der Waals surface area contributed by atoms with Crippen molar-refractivity contribution < 1.29 is 28.7 Å². The Labute approximate surface area is 338 Å². The van der Waals surface area contributed by atoms with Crippen LogP contribution in [0.5, 0.6) is 0 Å². The van der Waals surface area contributed by atoms with Crippen molar-refractivity contribution in [3.8, 4) is 33.6 Å². The molecule has 4 aromatic rings. The second kappa shape index (κ2) is 15.6. The van der Waals surface area contributed by atoms with Crippen LogP contribution in [0.1, 0.15) is 84.0 Å². The number of benzene rings is 2. The number of aromatic amines is 2. The van der Waals surface area contributed by atoms with Crippen LogP contribution in [0.4, 0.5) is 9.59 Å². The van der Waals surface area contributed by atoms with Crippen LogP contribution in [0.3, 0.4) is 0 Å². The Hall–Kier alpha value is -5.66. The number of carbonyl (C=O) groups excluding carboxylic acids is 4. The molecule has 4 amide bonds. The van der Waals surface area contributed by atoms with Crippen molar-refractivity contribution in [2.24, 2.45) is 29.6 Å². The quantitative estimate of drug-likeness (QED) is 0.128. The van der Waals surface area contributed by atoms with Crippen LogP contribution >= 0.6 is 0 Å². The molecular formula is C44H54N8O6. The third-order valence-electron chi connectivity index (χ3n) is 13.1. The molecule has 2 saturated carbocycles. The molecule has 4 N–H and O–H groups in total. The van der Waals surface area contributed by atoms with E-state index < -0.39 is 24.3 Å². The Morgan fingerprint density at radius 1 is 0.690 bits per heavy atom. The number of H-pyrrole nitrogens is 2. The molecule has 2 aromatic heterocycles. The molecule has 14 heteroatoms. The lowest BCUT2D eigenvalue weighted by Crippen LogP contribution is -2.54. The number of rotatable bonds is 11. The van der Waals surface area contributed by atoms with Gasteiger partial charge < -0.3 is 39.9 Å². The van der Waals surface area contributed by atoms with Crippen molar-refractivity contribution in [3.63, 3.8) is 0 Å². The minimum Gasteiger partial charge on any atom is -0.453 e. The summed E-state index contributed by atoms with van der Waals surface area (Å²) < 4.78 is 9.63. The van der Waals surface area contributed by atoms with Gasteiger partial charge in [0.2, 0.25) is 11.8 Å². The van der Waals surface area contributed by atoms with E-state index in [-0.39, 0.29) is 47.8 Å². The van der Waals surface area contributed by atoms with Crippen LogP contribution in [-0.2, 0) is 19.1 Å². The summed E-state index contributed by atoms with van der Waals surface area (Å²) in [5.74, 6) is 2.26. The zero-order chi connectivity index (χ0) is 41.0. The van der Waals surface area contributed by atoms with Crippen LogP contribution in [-0.4, -0.2) is 92.1 Å². The monoisotopic (exact) mass is 790 g/mol. The summed E-state index contributed by atoms with van der Waals surface area (Å²) >= 11 is 0. The highest BCUT2D eigenvalue weighted by molar-refractivity contribution is 5.88. The van der Waals surface area contributed by atoms with E-state index in [0.717, 1.165) is 71.0 Å². The van der Waals surface area contributed by atoms with Crippen molar-refractivity contribution in [1.82, 2.24) is 40.4 Å². The van der Waals surface area contributed by atoms with E-state index in [1.807, 2.05) is 49.9 Å². The first-order valence-electron chi connectivity index (χ1n) is 20.5. The Balaban J connectivity index is 0.947. The van der Waals surface area contributed by atoms with Gasteiger partial charge in [-0.1, -0.05) is 83.1 Å². The summed E-state index contributed by atoms with van der Waals surface area (Å²) in [7, 11) is 2.61. The highest BCUT2D eigenvalue weighted by atomic mass is 16.5. The molecule has 2 aliphatic carbocycles. The average molecular weight is 791 g/mol. The highest BCUT2D eigenvalue weighted by Gasteiger charge is 2.61. The number of carbonyl (C=O) groups is 4. The Morgan fingerprint density at radius 3 is 1.69 bits per heavy atom. The molecule has 2 bridgehead atoms. The van der Waals surface area contributed by atoms with Gasteiger partial charge in [-0.05, 0) is 77.5 Å². The van der Waals surface area contributed by atoms with Gasteiger partial charge in [0, 0.05) is 12.1 Å². The number of fused-ring (bicyclic) bond motifs is 3. The fourth-order valence-electron chi connectivity index (χ4n) is 9.81. The molecular weight excluding hydrogens is 737 g/mol. The van der Waals surface area contributed by atoms with Crippen molar-refractivity contribution in [2.45, 2.75) is 96.6 Å². The maximum atomic E-state index is 13.9. The van der Waals surface area contributed by atoms with Gasteiger partial charge in [0.1, 0.15) is 23.7 Å². The third-order valence-corrected chi connectivity index (χ3v) is 13.1.